The number of aliphatic hydroxyl groups is 2. The molecule has 17 heavy (non-hydrogen) atoms. The number of nitrogens with one attached hydrogen (secondary N) is 1. The average Bonchev–Trinajstić information content (AvgIpc) is 2.23. The molecule has 5 nitrogen and oxygen atoms in total. The molecule has 5 heteroatoms. The molecule has 1 aliphatic carbocycles. The van der Waals surface area contributed by atoms with Crippen molar-refractivity contribution in [2.45, 2.75) is 57.3 Å². The van der Waals surface area contributed by atoms with Crippen molar-refractivity contribution in [1.29, 1.82) is 5.41 Å². The number of ether oxygens (including phenoxy) is 1. The van der Waals surface area contributed by atoms with E-state index in [9.17, 15) is 15.0 Å². The van der Waals surface area contributed by atoms with Gasteiger partial charge in [0.05, 0.1) is 18.6 Å². The van der Waals surface area contributed by atoms with Crippen LogP contribution >= 0.6 is 0 Å². The van der Waals surface area contributed by atoms with Crippen LogP contribution in [0.5, 0.6) is 0 Å². The minimum absolute atomic E-state index is 0.139. The minimum Gasteiger partial charge on any atom is -0.462 e. The lowest BCUT2D eigenvalue weighted by Gasteiger charge is -2.30. The van der Waals surface area contributed by atoms with Gasteiger partial charge in [-0.3, -0.25) is 4.79 Å². The molecule has 0 saturated heterocycles. The molecule has 0 aliphatic heterocycles. The van der Waals surface area contributed by atoms with Gasteiger partial charge in [-0.15, -0.1) is 0 Å². The molecule has 0 heterocycles. The van der Waals surface area contributed by atoms with Crippen LogP contribution in [0.1, 0.15) is 39.0 Å². The highest BCUT2D eigenvalue weighted by atomic mass is 16.5. The van der Waals surface area contributed by atoms with Gasteiger partial charge < -0.3 is 20.4 Å². The molecular formula is C12H21NO4. The first-order valence-corrected chi connectivity index (χ1v) is 6.07. The molecular weight excluding hydrogens is 222 g/mol. The van der Waals surface area contributed by atoms with Crippen molar-refractivity contribution < 1.29 is 19.7 Å². The second-order valence-corrected chi connectivity index (χ2v) is 4.74. The number of hydrogen-bond donors (Lipinski definition) is 3. The zero-order valence-electron chi connectivity index (χ0n) is 10.1. The first kappa shape index (κ1) is 14.1. The van der Waals surface area contributed by atoms with Crippen molar-refractivity contribution in [2.75, 3.05) is 0 Å². The summed E-state index contributed by atoms with van der Waals surface area (Å²) in [5.41, 5.74) is 0. The highest BCUT2D eigenvalue weighted by molar-refractivity contribution is 5.70. The molecule has 0 aromatic carbocycles. The Kier molecular flexibility index (Phi) is 5.58. The second-order valence-electron chi connectivity index (χ2n) is 4.74. The van der Waals surface area contributed by atoms with Crippen molar-refractivity contribution in [1.82, 2.24) is 0 Å². The second kappa shape index (κ2) is 6.71. The Morgan fingerprint density at radius 1 is 1.53 bits per heavy atom. The molecule has 98 valence electrons. The predicted molar refractivity (Wildman–Crippen MR) is 62.9 cm³/mol. The van der Waals surface area contributed by atoms with Crippen LogP contribution in [0, 0.1) is 11.3 Å². The van der Waals surface area contributed by atoms with E-state index in [2.05, 4.69) is 0 Å². The first-order valence-electron chi connectivity index (χ1n) is 6.07. The highest BCUT2D eigenvalue weighted by Crippen LogP contribution is 2.27. The van der Waals surface area contributed by atoms with Gasteiger partial charge in [-0.1, -0.05) is 0 Å². The van der Waals surface area contributed by atoms with Crippen molar-refractivity contribution in [2.24, 2.45) is 5.92 Å². The summed E-state index contributed by atoms with van der Waals surface area (Å²) < 4.78 is 5.09. The van der Waals surface area contributed by atoms with Crippen LogP contribution in [0.2, 0.25) is 0 Å². The van der Waals surface area contributed by atoms with Gasteiger partial charge in [-0.2, -0.15) is 0 Å². The number of aliphatic hydroxyl groups excluding tert-OH is 2. The molecule has 1 fully saturated rings. The van der Waals surface area contributed by atoms with Gasteiger partial charge in [0, 0.05) is 6.42 Å². The maximum absolute atomic E-state index is 11.6. The molecule has 4 atom stereocenters. The van der Waals surface area contributed by atoms with Crippen LogP contribution in [0.3, 0.4) is 0 Å². The van der Waals surface area contributed by atoms with E-state index in [1.807, 2.05) is 0 Å². The third-order valence-corrected chi connectivity index (χ3v) is 3.13. The Labute approximate surface area is 101 Å². The number of carbonyl (C=O) groups is 1. The van der Waals surface area contributed by atoms with Gasteiger partial charge in [0.25, 0.3) is 0 Å². The first-order chi connectivity index (χ1) is 8.02. The maximum Gasteiger partial charge on any atom is 0.306 e. The van der Waals surface area contributed by atoms with Gasteiger partial charge in [0.2, 0.25) is 0 Å². The van der Waals surface area contributed by atoms with Crippen molar-refractivity contribution in [3.8, 4) is 0 Å². The monoisotopic (exact) mass is 243 g/mol. The lowest BCUT2D eigenvalue weighted by atomic mass is 9.83. The predicted octanol–water partition coefficient (Wildman–Crippen LogP) is 0.870. The van der Waals surface area contributed by atoms with Crippen molar-refractivity contribution in [3.63, 3.8) is 0 Å². The lowest BCUT2D eigenvalue weighted by Crippen LogP contribution is -2.34. The smallest absolute Gasteiger partial charge is 0.306 e. The Bertz CT molecular complexity index is 269. The van der Waals surface area contributed by atoms with Crippen molar-refractivity contribution in [3.05, 3.63) is 0 Å². The summed E-state index contributed by atoms with van der Waals surface area (Å²) in [6, 6.07) is 0. The third-order valence-electron chi connectivity index (χ3n) is 3.13. The number of rotatable bonds is 5. The van der Waals surface area contributed by atoms with Crippen molar-refractivity contribution >= 4 is 12.2 Å². The van der Waals surface area contributed by atoms with Crippen LogP contribution in [-0.2, 0) is 9.53 Å². The summed E-state index contributed by atoms with van der Waals surface area (Å²) in [5.74, 6) is -0.573. The van der Waals surface area contributed by atoms with Gasteiger partial charge >= 0.3 is 5.97 Å². The fourth-order valence-electron chi connectivity index (χ4n) is 2.14. The number of esters is 1. The zero-order chi connectivity index (χ0) is 12.8. The van der Waals surface area contributed by atoms with Crippen LogP contribution in [0.4, 0.5) is 0 Å². The summed E-state index contributed by atoms with van der Waals surface area (Å²) in [7, 11) is 0. The summed E-state index contributed by atoms with van der Waals surface area (Å²) in [6.45, 7) is 1.73. The minimum atomic E-state index is -0.524. The molecule has 0 aromatic rings. The summed E-state index contributed by atoms with van der Waals surface area (Å²) >= 11 is 0. The Morgan fingerprint density at radius 3 is 2.88 bits per heavy atom. The average molecular weight is 243 g/mol. The van der Waals surface area contributed by atoms with E-state index < -0.39 is 12.2 Å². The zero-order valence-corrected chi connectivity index (χ0v) is 10.1. The summed E-state index contributed by atoms with van der Waals surface area (Å²) in [6.07, 6.45) is 2.09. The Balaban J connectivity index is 2.36. The summed E-state index contributed by atoms with van der Waals surface area (Å²) in [5, 5.41) is 26.1. The van der Waals surface area contributed by atoms with Gasteiger partial charge in [0.1, 0.15) is 6.10 Å². The lowest BCUT2D eigenvalue weighted by molar-refractivity contribution is -0.151. The van der Waals surface area contributed by atoms with E-state index in [-0.39, 0.29) is 24.4 Å². The van der Waals surface area contributed by atoms with Crippen LogP contribution in [0.15, 0.2) is 0 Å². The molecule has 0 spiro atoms. The molecule has 0 radical (unpaired) electrons. The van der Waals surface area contributed by atoms with Gasteiger partial charge in [-0.05, 0) is 38.3 Å². The third kappa shape index (κ3) is 4.83. The van der Waals surface area contributed by atoms with E-state index in [1.54, 1.807) is 6.92 Å². The normalized spacial score (nSPS) is 30.6. The molecule has 1 rings (SSSR count). The fraction of sp³-hybridized carbons (Fsp3) is 0.833. The molecule has 0 unspecified atom stereocenters. The molecule has 1 saturated carbocycles. The Hall–Kier alpha value is -0.940. The topological polar surface area (TPSA) is 90.6 Å². The highest BCUT2D eigenvalue weighted by Gasteiger charge is 2.30. The molecule has 0 bridgehead atoms. The largest absolute Gasteiger partial charge is 0.462 e. The molecule has 1 aliphatic rings. The SMILES string of the molecule is C[C@H](CC=N)OC(=O)C[C@H]1C[C@H](O)CC[C@H]1O. The van der Waals surface area contributed by atoms with E-state index in [1.165, 1.54) is 6.21 Å². The van der Waals surface area contributed by atoms with Crippen LogP contribution in [-0.4, -0.2) is 40.7 Å². The van der Waals surface area contributed by atoms with E-state index >= 15 is 0 Å². The maximum atomic E-state index is 11.6. The van der Waals surface area contributed by atoms with Crippen LogP contribution in [0.25, 0.3) is 0 Å². The molecule has 3 N–H and O–H groups in total. The quantitative estimate of drug-likeness (QED) is 0.493. The fourth-order valence-corrected chi connectivity index (χ4v) is 2.14. The number of carbonyl (C=O) groups excluding carboxylic acids is 1. The van der Waals surface area contributed by atoms with Crippen LogP contribution < -0.4 is 0 Å². The molecule has 0 aromatic heterocycles. The van der Waals surface area contributed by atoms with Gasteiger partial charge in [-0.25, -0.2) is 0 Å². The number of hydrogen-bond acceptors (Lipinski definition) is 5. The van der Waals surface area contributed by atoms with E-state index in [0.717, 1.165) is 0 Å². The summed E-state index contributed by atoms with van der Waals surface area (Å²) in [4.78, 5) is 11.6. The molecule has 0 amide bonds. The standard InChI is InChI=1S/C12H21NO4/c1-8(4-5-13)17-12(16)7-9-6-10(14)2-3-11(9)15/h5,8-11,13-15H,2-4,6-7H2,1H3/t8-,9-,10-,11-/m1/s1. The van der Waals surface area contributed by atoms with E-state index in [4.69, 9.17) is 10.1 Å². The van der Waals surface area contributed by atoms with Gasteiger partial charge in [0.15, 0.2) is 0 Å². The van der Waals surface area contributed by atoms with E-state index in [0.29, 0.717) is 25.7 Å². The Morgan fingerprint density at radius 2 is 2.24 bits per heavy atom.